The lowest BCUT2D eigenvalue weighted by Crippen LogP contribution is -2.12. The van der Waals surface area contributed by atoms with Crippen LogP contribution in [0.25, 0.3) is 22.3 Å². The molecule has 8 heteroatoms. The number of fused-ring (bicyclic) bond motifs is 1. The van der Waals surface area contributed by atoms with Crippen molar-refractivity contribution in [3.8, 4) is 11.3 Å². The molecule has 158 valence electrons. The standard InChI is InChI=1S/C24H18FN5OS/c1-30(15-7-3-2-4-8-15)22-12-18-19(27-23(31)13-26-18)11-20(22)28-24-29-21(14-32-24)16-9-5-6-10-17(16)25/h2-14H,1H3,(H,27,31)(H,28,29). The molecule has 0 saturated carbocycles. The molecule has 0 fully saturated rings. The number of benzene rings is 3. The van der Waals surface area contributed by atoms with Gasteiger partial charge in [-0.25, -0.2) is 14.4 Å². The quantitative estimate of drug-likeness (QED) is 0.365. The third-order valence-corrected chi connectivity index (χ3v) is 5.85. The highest BCUT2D eigenvalue weighted by Crippen LogP contribution is 2.36. The monoisotopic (exact) mass is 443 g/mol. The van der Waals surface area contributed by atoms with E-state index < -0.39 is 0 Å². The Bertz CT molecular complexity index is 1460. The second-order valence-corrected chi connectivity index (χ2v) is 8.03. The van der Waals surface area contributed by atoms with Crippen LogP contribution in [0.1, 0.15) is 0 Å². The van der Waals surface area contributed by atoms with Gasteiger partial charge in [-0.1, -0.05) is 30.3 Å². The molecule has 32 heavy (non-hydrogen) atoms. The summed E-state index contributed by atoms with van der Waals surface area (Å²) < 4.78 is 14.2. The van der Waals surface area contributed by atoms with Gasteiger partial charge in [-0.05, 0) is 36.4 Å². The van der Waals surface area contributed by atoms with Crippen molar-refractivity contribution in [3.63, 3.8) is 0 Å². The van der Waals surface area contributed by atoms with E-state index in [9.17, 15) is 9.18 Å². The molecule has 2 N–H and O–H groups in total. The van der Waals surface area contributed by atoms with Crippen LogP contribution in [0.4, 0.5) is 26.6 Å². The Morgan fingerprint density at radius 3 is 2.66 bits per heavy atom. The van der Waals surface area contributed by atoms with Crippen molar-refractivity contribution in [1.82, 2.24) is 15.0 Å². The van der Waals surface area contributed by atoms with Crippen LogP contribution < -0.4 is 15.8 Å². The predicted octanol–water partition coefficient (Wildman–Crippen LogP) is 5.70. The molecule has 0 radical (unpaired) electrons. The lowest BCUT2D eigenvalue weighted by molar-refractivity contribution is 0.631. The van der Waals surface area contributed by atoms with E-state index in [1.165, 1.54) is 23.6 Å². The van der Waals surface area contributed by atoms with E-state index in [0.717, 1.165) is 17.1 Å². The summed E-state index contributed by atoms with van der Waals surface area (Å²) >= 11 is 1.38. The Morgan fingerprint density at radius 1 is 1.06 bits per heavy atom. The van der Waals surface area contributed by atoms with Gasteiger partial charge in [-0.15, -0.1) is 11.3 Å². The third kappa shape index (κ3) is 3.83. The van der Waals surface area contributed by atoms with Crippen molar-refractivity contribution >= 4 is 44.6 Å². The van der Waals surface area contributed by atoms with Crippen molar-refractivity contribution in [2.75, 3.05) is 17.3 Å². The molecule has 2 heterocycles. The van der Waals surface area contributed by atoms with Gasteiger partial charge < -0.3 is 15.2 Å². The summed E-state index contributed by atoms with van der Waals surface area (Å²) in [5.41, 5.74) is 4.59. The number of anilines is 4. The normalized spacial score (nSPS) is 10.9. The van der Waals surface area contributed by atoms with E-state index >= 15 is 0 Å². The number of hydrogen-bond acceptors (Lipinski definition) is 6. The van der Waals surface area contributed by atoms with Gasteiger partial charge in [0.1, 0.15) is 5.82 Å². The molecule has 0 bridgehead atoms. The maximum absolute atomic E-state index is 14.2. The minimum atomic E-state index is -0.316. The maximum atomic E-state index is 14.2. The summed E-state index contributed by atoms with van der Waals surface area (Å²) in [5.74, 6) is -0.316. The van der Waals surface area contributed by atoms with E-state index in [1.807, 2.05) is 59.8 Å². The highest BCUT2D eigenvalue weighted by atomic mass is 32.1. The zero-order chi connectivity index (χ0) is 22.1. The Morgan fingerprint density at radius 2 is 1.84 bits per heavy atom. The van der Waals surface area contributed by atoms with E-state index in [2.05, 4.69) is 20.3 Å². The Kier molecular flexibility index (Phi) is 5.12. The molecule has 0 amide bonds. The average Bonchev–Trinajstić information content (AvgIpc) is 3.27. The number of aromatic amines is 1. The first-order valence-corrected chi connectivity index (χ1v) is 10.8. The van der Waals surface area contributed by atoms with Crippen molar-refractivity contribution in [2.24, 2.45) is 0 Å². The molecule has 0 unspecified atom stereocenters. The summed E-state index contributed by atoms with van der Waals surface area (Å²) in [6.45, 7) is 0. The summed E-state index contributed by atoms with van der Waals surface area (Å²) in [5, 5.41) is 5.76. The summed E-state index contributed by atoms with van der Waals surface area (Å²) in [4.78, 5) is 25.5. The van der Waals surface area contributed by atoms with Crippen LogP contribution >= 0.6 is 11.3 Å². The first kappa shape index (κ1) is 19.9. The number of halogens is 1. The lowest BCUT2D eigenvalue weighted by atomic mass is 10.1. The zero-order valence-electron chi connectivity index (χ0n) is 17.0. The van der Waals surface area contributed by atoms with E-state index in [1.54, 1.807) is 18.2 Å². The summed E-state index contributed by atoms with van der Waals surface area (Å²) in [6.07, 6.45) is 1.27. The number of aromatic nitrogens is 3. The van der Waals surface area contributed by atoms with Gasteiger partial charge in [-0.3, -0.25) is 4.79 Å². The maximum Gasteiger partial charge on any atom is 0.266 e. The number of rotatable bonds is 5. The van der Waals surface area contributed by atoms with Crippen LogP contribution in [0.3, 0.4) is 0 Å². The minimum Gasteiger partial charge on any atom is -0.343 e. The first-order chi connectivity index (χ1) is 15.6. The Hall–Kier alpha value is -4.04. The molecule has 0 aliphatic heterocycles. The number of hydrogen-bond donors (Lipinski definition) is 2. The van der Waals surface area contributed by atoms with Crippen LogP contribution in [-0.4, -0.2) is 22.0 Å². The number of nitrogens with one attached hydrogen (secondary N) is 2. The highest BCUT2D eigenvalue weighted by molar-refractivity contribution is 7.14. The van der Waals surface area contributed by atoms with Gasteiger partial charge in [0, 0.05) is 23.7 Å². The molecule has 0 aliphatic rings. The second kappa shape index (κ2) is 8.24. The molecule has 5 rings (SSSR count). The number of para-hydroxylation sites is 1. The van der Waals surface area contributed by atoms with Crippen molar-refractivity contribution in [2.45, 2.75) is 0 Å². The third-order valence-electron chi connectivity index (χ3n) is 5.09. The number of nitrogens with zero attached hydrogens (tertiary/aromatic N) is 3. The zero-order valence-corrected chi connectivity index (χ0v) is 17.9. The fraction of sp³-hybridized carbons (Fsp3) is 0.0417. The van der Waals surface area contributed by atoms with Crippen LogP contribution in [0, 0.1) is 5.82 Å². The van der Waals surface area contributed by atoms with Crippen LogP contribution in [0.15, 0.2) is 83.1 Å². The van der Waals surface area contributed by atoms with Gasteiger partial charge in [-0.2, -0.15) is 0 Å². The van der Waals surface area contributed by atoms with Crippen LogP contribution in [-0.2, 0) is 0 Å². The second-order valence-electron chi connectivity index (χ2n) is 7.17. The smallest absolute Gasteiger partial charge is 0.266 e. The molecule has 0 aliphatic carbocycles. The van der Waals surface area contributed by atoms with Gasteiger partial charge >= 0.3 is 0 Å². The lowest BCUT2D eigenvalue weighted by Gasteiger charge is -2.23. The van der Waals surface area contributed by atoms with E-state index in [4.69, 9.17) is 0 Å². The predicted molar refractivity (Wildman–Crippen MR) is 128 cm³/mol. The largest absolute Gasteiger partial charge is 0.343 e. The fourth-order valence-corrected chi connectivity index (χ4v) is 4.21. The fourth-order valence-electron chi connectivity index (χ4n) is 3.48. The van der Waals surface area contributed by atoms with Crippen LogP contribution in [0.2, 0.25) is 0 Å². The van der Waals surface area contributed by atoms with Crippen LogP contribution in [0.5, 0.6) is 0 Å². The molecular weight excluding hydrogens is 425 g/mol. The molecule has 0 atom stereocenters. The van der Waals surface area contributed by atoms with Crippen molar-refractivity contribution in [3.05, 3.63) is 94.5 Å². The van der Waals surface area contributed by atoms with Crippen molar-refractivity contribution < 1.29 is 4.39 Å². The number of H-pyrrole nitrogens is 1. The van der Waals surface area contributed by atoms with E-state index in [0.29, 0.717) is 27.4 Å². The van der Waals surface area contributed by atoms with Gasteiger partial charge in [0.25, 0.3) is 5.56 Å². The number of thiazole rings is 1. The van der Waals surface area contributed by atoms with Gasteiger partial charge in [0.2, 0.25) is 0 Å². The van der Waals surface area contributed by atoms with Gasteiger partial charge in [0.05, 0.1) is 34.3 Å². The molecule has 0 spiro atoms. The van der Waals surface area contributed by atoms with E-state index in [-0.39, 0.29) is 11.4 Å². The molecule has 0 saturated heterocycles. The van der Waals surface area contributed by atoms with Gasteiger partial charge in [0.15, 0.2) is 5.13 Å². The Labute approximate surface area is 187 Å². The first-order valence-electron chi connectivity index (χ1n) is 9.88. The molecule has 5 aromatic rings. The Balaban J connectivity index is 1.58. The average molecular weight is 444 g/mol. The minimum absolute atomic E-state index is 0.274. The summed E-state index contributed by atoms with van der Waals surface area (Å²) in [7, 11) is 1.96. The molecule has 6 nitrogen and oxygen atoms in total. The SMILES string of the molecule is CN(c1ccccc1)c1cc2ncc(=O)[nH]c2cc1Nc1nc(-c2ccccc2F)cs1. The molecular formula is C24H18FN5OS. The molecule has 2 aromatic heterocycles. The highest BCUT2D eigenvalue weighted by Gasteiger charge is 2.15. The summed E-state index contributed by atoms with van der Waals surface area (Å²) in [6, 6.07) is 20.2. The topological polar surface area (TPSA) is 73.9 Å². The molecule has 3 aromatic carbocycles. The van der Waals surface area contributed by atoms with Crippen molar-refractivity contribution in [1.29, 1.82) is 0 Å².